The van der Waals surface area contributed by atoms with Crippen LogP contribution in [0.5, 0.6) is 11.5 Å². The highest BCUT2D eigenvalue weighted by atomic mass is 35.5. The Morgan fingerprint density at radius 3 is 2.12 bits per heavy atom. The fourth-order valence-electron chi connectivity index (χ4n) is 3.77. The SMILES string of the molecule is CCCCCCCOc1ccc(OCC(=O)N2CCN(Cc3ccc(Cl)cc3)CC2)cc1. The van der Waals surface area contributed by atoms with Crippen molar-refractivity contribution < 1.29 is 14.3 Å². The molecule has 0 radical (unpaired) electrons. The van der Waals surface area contributed by atoms with Crippen LogP contribution in [0.1, 0.15) is 44.6 Å². The number of piperazine rings is 1. The van der Waals surface area contributed by atoms with Gasteiger partial charge in [-0.2, -0.15) is 0 Å². The summed E-state index contributed by atoms with van der Waals surface area (Å²) in [6.45, 7) is 7.07. The van der Waals surface area contributed by atoms with Gasteiger partial charge in [0.2, 0.25) is 0 Å². The van der Waals surface area contributed by atoms with Crippen molar-refractivity contribution in [2.24, 2.45) is 0 Å². The van der Waals surface area contributed by atoms with Crippen molar-refractivity contribution >= 4 is 17.5 Å². The molecule has 1 aliphatic rings. The number of halogens is 1. The number of ether oxygens (including phenoxy) is 2. The highest BCUT2D eigenvalue weighted by Gasteiger charge is 2.21. The van der Waals surface area contributed by atoms with Crippen molar-refractivity contribution in [3.05, 3.63) is 59.1 Å². The van der Waals surface area contributed by atoms with Crippen molar-refractivity contribution in [2.45, 2.75) is 45.6 Å². The number of hydrogen-bond acceptors (Lipinski definition) is 4. The van der Waals surface area contributed by atoms with Crippen molar-refractivity contribution in [2.75, 3.05) is 39.4 Å². The zero-order valence-corrected chi connectivity index (χ0v) is 19.9. The minimum Gasteiger partial charge on any atom is -0.494 e. The molecule has 0 bridgehead atoms. The van der Waals surface area contributed by atoms with Crippen molar-refractivity contribution in [1.29, 1.82) is 0 Å². The molecule has 3 rings (SSSR count). The van der Waals surface area contributed by atoms with Gasteiger partial charge in [0.1, 0.15) is 11.5 Å². The molecule has 0 atom stereocenters. The molecule has 2 aromatic rings. The van der Waals surface area contributed by atoms with E-state index in [1.165, 1.54) is 31.2 Å². The Labute approximate surface area is 197 Å². The molecule has 1 heterocycles. The number of benzene rings is 2. The second-order valence-electron chi connectivity index (χ2n) is 8.31. The molecule has 0 spiro atoms. The van der Waals surface area contributed by atoms with Crippen LogP contribution in [0, 0.1) is 0 Å². The van der Waals surface area contributed by atoms with Gasteiger partial charge in [0, 0.05) is 37.7 Å². The number of hydrogen-bond donors (Lipinski definition) is 0. The summed E-state index contributed by atoms with van der Waals surface area (Å²) in [4.78, 5) is 16.8. The van der Waals surface area contributed by atoms with Gasteiger partial charge in [-0.1, -0.05) is 56.3 Å². The van der Waals surface area contributed by atoms with E-state index in [4.69, 9.17) is 21.1 Å². The van der Waals surface area contributed by atoms with Gasteiger partial charge in [-0.15, -0.1) is 0 Å². The Morgan fingerprint density at radius 2 is 1.47 bits per heavy atom. The normalized spacial score (nSPS) is 14.4. The largest absolute Gasteiger partial charge is 0.494 e. The summed E-state index contributed by atoms with van der Waals surface area (Å²) in [6.07, 6.45) is 6.12. The first-order chi connectivity index (χ1) is 15.6. The lowest BCUT2D eigenvalue weighted by atomic mass is 10.2. The highest BCUT2D eigenvalue weighted by Crippen LogP contribution is 2.18. The second-order valence-corrected chi connectivity index (χ2v) is 8.74. The van der Waals surface area contributed by atoms with E-state index in [1.807, 2.05) is 41.3 Å². The highest BCUT2D eigenvalue weighted by molar-refractivity contribution is 6.30. The van der Waals surface area contributed by atoms with Crippen LogP contribution >= 0.6 is 11.6 Å². The fourth-order valence-corrected chi connectivity index (χ4v) is 3.89. The summed E-state index contributed by atoms with van der Waals surface area (Å²) >= 11 is 5.95. The van der Waals surface area contributed by atoms with E-state index >= 15 is 0 Å². The molecule has 1 amide bonds. The Kier molecular flexibility index (Phi) is 10.2. The van der Waals surface area contributed by atoms with Crippen molar-refractivity contribution in [3.8, 4) is 11.5 Å². The molecular weight excluding hydrogens is 424 g/mol. The quantitative estimate of drug-likeness (QED) is 0.399. The topological polar surface area (TPSA) is 42.0 Å². The minimum absolute atomic E-state index is 0.0311. The van der Waals surface area contributed by atoms with Gasteiger partial charge in [-0.25, -0.2) is 0 Å². The van der Waals surface area contributed by atoms with Crippen LogP contribution in [0.4, 0.5) is 0 Å². The van der Waals surface area contributed by atoms with Crippen LogP contribution in [0.2, 0.25) is 5.02 Å². The zero-order valence-electron chi connectivity index (χ0n) is 19.1. The monoisotopic (exact) mass is 458 g/mol. The summed E-state index contributed by atoms with van der Waals surface area (Å²) in [5.74, 6) is 1.56. The van der Waals surface area contributed by atoms with Gasteiger partial charge in [0.05, 0.1) is 6.61 Å². The van der Waals surface area contributed by atoms with Gasteiger partial charge in [-0.3, -0.25) is 9.69 Å². The first-order valence-electron chi connectivity index (χ1n) is 11.7. The van der Waals surface area contributed by atoms with Crippen molar-refractivity contribution in [3.63, 3.8) is 0 Å². The number of carbonyl (C=O) groups excluding carboxylic acids is 1. The number of nitrogens with zero attached hydrogens (tertiary/aromatic N) is 2. The number of rotatable bonds is 12. The van der Waals surface area contributed by atoms with Crippen LogP contribution in [-0.2, 0) is 11.3 Å². The number of amides is 1. The number of carbonyl (C=O) groups is 1. The lowest BCUT2D eigenvalue weighted by Gasteiger charge is -2.34. The lowest BCUT2D eigenvalue weighted by Crippen LogP contribution is -2.49. The van der Waals surface area contributed by atoms with E-state index in [0.717, 1.165) is 56.5 Å². The first-order valence-corrected chi connectivity index (χ1v) is 12.1. The molecule has 1 saturated heterocycles. The van der Waals surface area contributed by atoms with E-state index in [0.29, 0.717) is 5.75 Å². The van der Waals surface area contributed by atoms with Crippen LogP contribution in [-0.4, -0.2) is 55.1 Å². The summed E-state index contributed by atoms with van der Waals surface area (Å²) < 4.78 is 11.5. The molecule has 174 valence electrons. The van der Waals surface area contributed by atoms with Gasteiger partial charge in [-0.05, 0) is 48.4 Å². The van der Waals surface area contributed by atoms with Gasteiger partial charge < -0.3 is 14.4 Å². The summed E-state index contributed by atoms with van der Waals surface area (Å²) in [5, 5.41) is 0.754. The molecule has 2 aromatic carbocycles. The maximum Gasteiger partial charge on any atom is 0.260 e. The van der Waals surface area contributed by atoms with E-state index in [2.05, 4.69) is 24.0 Å². The first kappa shape index (κ1) is 24.4. The molecule has 6 heteroatoms. The molecule has 1 fully saturated rings. The third-order valence-corrected chi connectivity index (χ3v) is 6.00. The summed E-state index contributed by atoms with van der Waals surface area (Å²) in [7, 11) is 0. The smallest absolute Gasteiger partial charge is 0.260 e. The predicted molar refractivity (Wildman–Crippen MR) is 130 cm³/mol. The maximum absolute atomic E-state index is 12.5. The van der Waals surface area contributed by atoms with Crippen molar-refractivity contribution in [1.82, 2.24) is 9.80 Å². The average molecular weight is 459 g/mol. The number of unbranched alkanes of at least 4 members (excludes halogenated alkanes) is 4. The summed E-state index contributed by atoms with van der Waals surface area (Å²) in [5.41, 5.74) is 1.24. The van der Waals surface area contributed by atoms with E-state index in [9.17, 15) is 4.79 Å². The standard InChI is InChI=1S/C26H35ClN2O3/c1-2-3-4-5-6-19-31-24-11-13-25(14-12-24)32-21-26(30)29-17-15-28(16-18-29)20-22-7-9-23(27)10-8-22/h7-14H,2-6,15-21H2,1H3. The molecule has 32 heavy (non-hydrogen) atoms. The third-order valence-electron chi connectivity index (χ3n) is 5.75. The van der Waals surface area contributed by atoms with E-state index in [-0.39, 0.29) is 12.5 Å². The van der Waals surface area contributed by atoms with Crippen LogP contribution in [0.15, 0.2) is 48.5 Å². The predicted octanol–water partition coefficient (Wildman–Crippen LogP) is 5.41. The molecule has 0 saturated carbocycles. The molecule has 5 nitrogen and oxygen atoms in total. The van der Waals surface area contributed by atoms with Crippen LogP contribution in [0.25, 0.3) is 0 Å². The average Bonchev–Trinajstić information content (AvgIpc) is 2.82. The lowest BCUT2D eigenvalue weighted by molar-refractivity contribution is -0.135. The van der Waals surface area contributed by atoms with E-state index in [1.54, 1.807) is 0 Å². The second kappa shape index (κ2) is 13.3. The molecule has 0 aromatic heterocycles. The zero-order chi connectivity index (χ0) is 22.6. The van der Waals surface area contributed by atoms with Gasteiger partial charge in [0.25, 0.3) is 5.91 Å². The van der Waals surface area contributed by atoms with Gasteiger partial charge in [0.15, 0.2) is 6.61 Å². The van der Waals surface area contributed by atoms with E-state index < -0.39 is 0 Å². The Bertz CT molecular complexity index is 803. The third kappa shape index (κ3) is 8.36. The molecule has 0 unspecified atom stereocenters. The minimum atomic E-state index is 0.0311. The molecule has 0 aliphatic carbocycles. The Hall–Kier alpha value is -2.24. The molecule has 1 aliphatic heterocycles. The fraction of sp³-hybridized carbons (Fsp3) is 0.500. The summed E-state index contributed by atoms with van der Waals surface area (Å²) in [6, 6.07) is 15.5. The Balaban J connectivity index is 1.32. The maximum atomic E-state index is 12.5. The molecule has 0 N–H and O–H groups in total. The Morgan fingerprint density at radius 1 is 0.844 bits per heavy atom. The van der Waals surface area contributed by atoms with Crippen LogP contribution < -0.4 is 9.47 Å². The van der Waals surface area contributed by atoms with Gasteiger partial charge >= 0.3 is 0 Å². The molecular formula is C26H35ClN2O3. The van der Waals surface area contributed by atoms with Crippen LogP contribution in [0.3, 0.4) is 0 Å².